The van der Waals surface area contributed by atoms with Crippen molar-refractivity contribution in [3.05, 3.63) is 35.9 Å². The molecular formula is C21H31N3O2. The number of hydrogen-bond donors (Lipinski definition) is 1. The molecule has 2 heterocycles. The van der Waals surface area contributed by atoms with Crippen LogP contribution in [-0.2, 0) is 9.59 Å². The van der Waals surface area contributed by atoms with Crippen LogP contribution in [0, 0.1) is 5.41 Å². The fraction of sp³-hybridized carbons (Fsp3) is 0.619. The molecule has 2 amide bonds. The number of nitrogens with two attached hydrogens (primary N) is 1. The van der Waals surface area contributed by atoms with E-state index >= 15 is 0 Å². The van der Waals surface area contributed by atoms with Gasteiger partial charge >= 0.3 is 0 Å². The smallest absolute Gasteiger partial charge is 0.242 e. The fourth-order valence-electron chi connectivity index (χ4n) is 4.46. The largest absolute Gasteiger partial charge is 0.342 e. The first-order valence-electron chi connectivity index (χ1n) is 9.68. The van der Waals surface area contributed by atoms with Gasteiger partial charge in [0.15, 0.2) is 0 Å². The average Bonchev–Trinajstić information content (AvgIpc) is 2.63. The van der Waals surface area contributed by atoms with E-state index in [0.29, 0.717) is 0 Å². The number of carbonyl (C=O) groups is 2. The van der Waals surface area contributed by atoms with Gasteiger partial charge in [0.2, 0.25) is 11.8 Å². The molecule has 2 aliphatic rings. The lowest BCUT2D eigenvalue weighted by atomic mass is 9.67. The van der Waals surface area contributed by atoms with Gasteiger partial charge in [-0.25, -0.2) is 0 Å². The van der Waals surface area contributed by atoms with Crippen LogP contribution in [0.15, 0.2) is 30.3 Å². The lowest BCUT2D eigenvalue weighted by molar-refractivity contribution is -0.145. The van der Waals surface area contributed by atoms with Crippen LogP contribution in [-0.4, -0.2) is 53.3 Å². The molecular weight excluding hydrogens is 326 g/mol. The summed E-state index contributed by atoms with van der Waals surface area (Å²) in [5, 5.41) is 0. The third-order valence-electron chi connectivity index (χ3n) is 6.02. The van der Waals surface area contributed by atoms with Gasteiger partial charge in [0.05, 0.1) is 11.5 Å². The van der Waals surface area contributed by atoms with Crippen LogP contribution in [0.25, 0.3) is 0 Å². The highest BCUT2D eigenvalue weighted by Gasteiger charge is 2.46. The minimum atomic E-state index is -0.824. The summed E-state index contributed by atoms with van der Waals surface area (Å²) in [5.41, 5.74) is 6.38. The number of likely N-dealkylation sites (tertiary alicyclic amines) is 2. The number of benzene rings is 1. The molecule has 0 radical (unpaired) electrons. The van der Waals surface area contributed by atoms with Gasteiger partial charge in [-0.1, -0.05) is 30.3 Å². The van der Waals surface area contributed by atoms with Crippen LogP contribution in [0.1, 0.15) is 51.5 Å². The van der Waals surface area contributed by atoms with Gasteiger partial charge in [0, 0.05) is 26.2 Å². The highest BCUT2D eigenvalue weighted by atomic mass is 16.2. The number of hydrogen-bond acceptors (Lipinski definition) is 3. The Morgan fingerprint density at radius 1 is 1.23 bits per heavy atom. The van der Waals surface area contributed by atoms with Crippen LogP contribution in [0.2, 0.25) is 0 Å². The highest BCUT2D eigenvalue weighted by Crippen LogP contribution is 2.45. The highest BCUT2D eigenvalue weighted by molar-refractivity contribution is 5.86. The number of amides is 2. The third-order valence-corrected chi connectivity index (χ3v) is 6.02. The van der Waals surface area contributed by atoms with Crippen molar-refractivity contribution in [1.29, 1.82) is 0 Å². The molecule has 1 aromatic rings. The maximum atomic E-state index is 12.9. The molecule has 2 N–H and O–H groups in total. The first-order valence-corrected chi connectivity index (χ1v) is 9.68. The molecule has 1 spiro atoms. The van der Waals surface area contributed by atoms with Crippen molar-refractivity contribution in [2.75, 3.05) is 26.2 Å². The Morgan fingerprint density at radius 3 is 2.38 bits per heavy atom. The summed E-state index contributed by atoms with van der Waals surface area (Å²) in [4.78, 5) is 29.3. The standard InChI is InChI=1S/C21H31N3O2/c1-4-23-15-21(10-12-24(13-11-21)19(26)20(2,3)22)14-17(18(23)25)16-8-6-5-7-9-16/h5-9,17H,4,10-15,22H2,1-3H3. The van der Waals surface area contributed by atoms with Crippen molar-refractivity contribution in [3.63, 3.8) is 0 Å². The van der Waals surface area contributed by atoms with E-state index in [1.54, 1.807) is 13.8 Å². The zero-order chi connectivity index (χ0) is 18.9. The number of rotatable bonds is 3. The Balaban J connectivity index is 1.78. The Morgan fingerprint density at radius 2 is 1.85 bits per heavy atom. The molecule has 2 aliphatic heterocycles. The fourth-order valence-corrected chi connectivity index (χ4v) is 4.46. The molecule has 0 saturated carbocycles. The van der Waals surface area contributed by atoms with Crippen LogP contribution < -0.4 is 5.73 Å². The average molecular weight is 357 g/mol. The predicted molar refractivity (Wildman–Crippen MR) is 103 cm³/mol. The summed E-state index contributed by atoms with van der Waals surface area (Å²) in [6, 6.07) is 10.1. The first-order chi connectivity index (χ1) is 12.3. The van der Waals surface area contributed by atoms with E-state index in [-0.39, 0.29) is 23.1 Å². The molecule has 5 nitrogen and oxygen atoms in total. The first kappa shape index (κ1) is 18.9. The van der Waals surface area contributed by atoms with Crippen molar-refractivity contribution in [3.8, 4) is 0 Å². The minimum absolute atomic E-state index is 0.0196. The van der Waals surface area contributed by atoms with E-state index in [0.717, 1.165) is 51.0 Å². The molecule has 0 aliphatic carbocycles. The number of likely N-dealkylation sites (N-methyl/N-ethyl adjacent to an activating group) is 1. The maximum Gasteiger partial charge on any atom is 0.242 e. The van der Waals surface area contributed by atoms with Gasteiger partial charge in [0.1, 0.15) is 0 Å². The topological polar surface area (TPSA) is 66.6 Å². The minimum Gasteiger partial charge on any atom is -0.342 e. The summed E-state index contributed by atoms with van der Waals surface area (Å²) >= 11 is 0. The van der Waals surface area contributed by atoms with E-state index in [1.807, 2.05) is 28.0 Å². The Bertz CT molecular complexity index is 658. The number of nitrogens with zero attached hydrogens (tertiary/aromatic N) is 2. The maximum absolute atomic E-state index is 12.9. The second-order valence-electron chi connectivity index (χ2n) is 8.53. The zero-order valence-corrected chi connectivity index (χ0v) is 16.2. The Hall–Kier alpha value is -1.88. The van der Waals surface area contributed by atoms with Crippen molar-refractivity contribution < 1.29 is 9.59 Å². The van der Waals surface area contributed by atoms with Gasteiger partial charge in [0.25, 0.3) is 0 Å². The van der Waals surface area contributed by atoms with E-state index in [1.165, 1.54) is 0 Å². The zero-order valence-electron chi connectivity index (χ0n) is 16.2. The van der Waals surface area contributed by atoms with Gasteiger partial charge in [-0.05, 0) is 51.0 Å². The molecule has 26 heavy (non-hydrogen) atoms. The normalized spacial score (nSPS) is 23.4. The summed E-state index contributed by atoms with van der Waals surface area (Å²) in [5.74, 6) is 0.190. The van der Waals surface area contributed by atoms with Crippen LogP contribution in [0.5, 0.6) is 0 Å². The van der Waals surface area contributed by atoms with Gasteiger partial charge in [-0.2, -0.15) is 0 Å². The lowest BCUT2D eigenvalue weighted by Crippen LogP contribution is -2.58. The molecule has 3 rings (SSSR count). The third kappa shape index (κ3) is 3.63. The number of piperidine rings is 2. The van der Waals surface area contributed by atoms with Crippen LogP contribution >= 0.6 is 0 Å². The number of carbonyl (C=O) groups excluding carboxylic acids is 2. The van der Waals surface area contributed by atoms with Crippen molar-refractivity contribution >= 4 is 11.8 Å². The molecule has 2 saturated heterocycles. The molecule has 1 unspecified atom stereocenters. The van der Waals surface area contributed by atoms with E-state index in [4.69, 9.17) is 5.73 Å². The lowest BCUT2D eigenvalue weighted by Gasteiger charge is -2.50. The summed E-state index contributed by atoms with van der Waals surface area (Å²) in [7, 11) is 0. The molecule has 0 aromatic heterocycles. The van der Waals surface area contributed by atoms with E-state index in [2.05, 4.69) is 19.1 Å². The summed E-state index contributed by atoms with van der Waals surface area (Å²) < 4.78 is 0. The second-order valence-corrected chi connectivity index (χ2v) is 8.53. The Labute approximate surface area is 156 Å². The van der Waals surface area contributed by atoms with E-state index < -0.39 is 5.54 Å². The molecule has 1 atom stereocenters. The predicted octanol–water partition coefficient (Wildman–Crippen LogP) is 2.37. The molecule has 2 fully saturated rings. The SMILES string of the molecule is CCN1CC2(CCN(C(=O)C(C)(C)N)CC2)CC(c2ccccc2)C1=O. The van der Waals surface area contributed by atoms with Gasteiger partial charge in [-0.15, -0.1) is 0 Å². The van der Waals surface area contributed by atoms with Gasteiger partial charge < -0.3 is 15.5 Å². The van der Waals surface area contributed by atoms with Crippen molar-refractivity contribution in [2.45, 2.75) is 51.5 Å². The summed E-state index contributed by atoms with van der Waals surface area (Å²) in [6.45, 7) is 8.59. The molecule has 5 heteroatoms. The van der Waals surface area contributed by atoms with Gasteiger partial charge in [-0.3, -0.25) is 9.59 Å². The molecule has 1 aromatic carbocycles. The van der Waals surface area contributed by atoms with Crippen LogP contribution in [0.4, 0.5) is 0 Å². The second kappa shape index (κ2) is 7.03. The molecule has 142 valence electrons. The Kier molecular flexibility index (Phi) is 5.11. The van der Waals surface area contributed by atoms with E-state index in [9.17, 15) is 9.59 Å². The van der Waals surface area contributed by atoms with Crippen molar-refractivity contribution in [2.24, 2.45) is 11.1 Å². The quantitative estimate of drug-likeness (QED) is 0.903. The monoisotopic (exact) mass is 357 g/mol. The summed E-state index contributed by atoms with van der Waals surface area (Å²) in [6.07, 6.45) is 2.74. The van der Waals surface area contributed by atoms with Crippen molar-refractivity contribution in [1.82, 2.24) is 9.80 Å². The van der Waals surface area contributed by atoms with Crippen LogP contribution in [0.3, 0.4) is 0 Å². The molecule has 0 bridgehead atoms.